The van der Waals surface area contributed by atoms with Crippen molar-refractivity contribution in [3.63, 3.8) is 0 Å². The fourth-order valence-electron chi connectivity index (χ4n) is 1.48. The van der Waals surface area contributed by atoms with Crippen molar-refractivity contribution in [3.05, 3.63) is 23.8 Å². The normalized spacial score (nSPS) is 13.5. The van der Waals surface area contributed by atoms with E-state index in [0.29, 0.717) is 6.54 Å². The zero-order valence-corrected chi connectivity index (χ0v) is 8.65. The lowest BCUT2D eigenvalue weighted by molar-refractivity contribution is 0.251. The summed E-state index contributed by atoms with van der Waals surface area (Å²) in [6.45, 7) is 0.465. The number of carbonyl (C=O) groups excluding carboxylic acids is 1. The lowest BCUT2D eigenvalue weighted by atomic mass is 10.1. The Labute approximate surface area is 92.0 Å². The molecule has 0 aromatic heterocycles. The summed E-state index contributed by atoms with van der Waals surface area (Å²) >= 11 is 4.76. The zero-order chi connectivity index (χ0) is 10.8. The molecule has 0 aliphatic carbocycles. The number of thiocarbonyl (C=S) groups is 1. The van der Waals surface area contributed by atoms with Gasteiger partial charge in [-0.1, -0.05) is 6.07 Å². The molecule has 0 unspecified atom stereocenters. The van der Waals surface area contributed by atoms with Gasteiger partial charge >= 0.3 is 6.03 Å². The van der Waals surface area contributed by atoms with Crippen LogP contribution in [-0.4, -0.2) is 11.1 Å². The summed E-state index contributed by atoms with van der Waals surface area (Å²) in [5.74, 6) is 0. The van der Waals surface area contributed by atoms with Crippen LogP contribution in [0.5, 0.6) is 0 Å². The predicted octanol–water partition coefficient (Wildman–Crippen LogP) is 0.977. The molecule has 15 heavy (non-hydrogen) atoms. The maximum Gasteiger partial charge on any atom is 0.319 e. The lowest BCUT2D eigenvalue weighted by Gasteiger charge is -2.21. The Morgan fingerprint density at radius 2 is 2.33 bits per heavy atom. The van der Waals surface area contributed by atoms with E-state index in [-0.39, 0.29) is 11.1 Å². The van der Waals surface area contributed by atoms with Gasteiger partial charge in [-0.2, -0.15) is 0 Å². The third-order valence-corrected chi connectivity index (χ3v) is 2.21. The smallest absolute Gasteiger partial charge is 0.319 e. The van der Waals surface area contributed by atoms with Crippen molar-refractivity contribution >= 4 is 34.7 Å². The van der Waals surface area contributed by atoms with Crippen molar-refractivity contribution in [1.29, 1.82) is 0 Å². The van der Waals surface area contributed by atoms with Crippen molar-refractivity contribution in [2.45, 2.75) is 6.54 Å². The van der Waals surface area contributed by atoms with Crippen LogP contribution in [0.15, 0.2) is 18.2 Å². The number of benzene rings is 1. The monoisotopic (exact) mass is 222 g/mol. The first-order chi connectivity index (χ1) is 7.16. The van der Waals surface area contributed by atoms with E-state index in [1.807, 2.05) is 18.2 Å². The number of anilines is 2. The molecule has 1 aromatic rings. The van der Waals surface area contributed by atoms with Crippen molar-refractivity contribution in [3.8, 4) is 0 Å². The minimum Gasteiger partial charge on any atom is -0.376 e. The van der Waals surface area contributed by atoms with Crippen molar-refractivity contribution < 1.29 is 4.79 Å². The fourth-order valence-corrected chi connectivity index (χ4v) is 1.59. The Morgan fingerprint density at radius 3 is 3.07 bits per heavy atom. The molecule has 0 radical (unpaired) electrons. The maximum absolute atomic E-state index is 11.1. The molecule has 0 spiro atoms. The second-order valence-electron chi connectivity index (χ2n) is 3.13. The molecular formula is C9H10N4OS. The largest absolute Gasteiger partial charge is 0.376 e. The van der Waals surface area contributed by atoms with Crippen LogP contribution in [0.1, 0.15) is 5.56 Å². The molecule has 1 aliphatic heterocycles. The summed E-state index contributed by atoms with van der Waals surface area (Å²) in [5, 5.41) is 8.45. The fraction of sp³-hybridized carbons (Fsp3) is 0.111. The molecule has 1 heterocycles. The number of rotatable bonds is 1. The highest BCUT2D eigenvalue weighted by Gasteiger charge is 2.16. The third-order valence-electron chi connectivity index (χ3n) is 2.11. The quantitative estimate of drug-likeness (QED) is 0.534. The summed E-state index contributed by atoms with van der Waals surface area (Å²) in [4.78, 5) is 11.1. The summed E-state index contributed by atoms with van der Waals surface area (Å²) in [7, 11) is 0. The molecule has 2 amide bonds. The molecule has 5 N–H and O–H groups in total. The van der Waals surface area contributed by atoms with Crippen LogP contribution in [0.2, 0.25) is 0 Å². The summed E-state index contributed by atoms with van der Waals surface area (Å²) in [5.41, 5.74) is 7.94. The summed E-state index contributed by atoms with van der Waals surface area (Å²) in [6.07, 6.45) is 0. The van der Waals surface area contributed by atoms with Gasteiger partial charge in [0.1, 0.15) is 0 Å². The van der Waals surface area contributed by atoms with E-state index in [1.54, 1.807) is 0 Å². The molecule has 0 bridgehead atoms. The van der Waals surface area contributed by atoms with E-state index < -0.39 is 0 Å². The van der Waals surface area contributed by atoms with E-state index in [9.17, 15) is 4.79 Å². The SMILES string of the molecule is NC(=S)Nc1cccc2c1CNC(=O)N2. The van der Waals surface area contributed by atoms with Gasteiger partial charge in [0.15, 0.2) is 5.11 Å². The van der Waals surface area contributed by atoms with Crippen LogP contribution in [0.4, 0.5) is 16.2 Å². The molecule has 78 valence electrons. The molecule has 2 rings (SSSR count). The van der Waals surface area contributed by atoms with Gasteiger partial charge in [0.25, 0.3) is 0 Å². The molecule has 5 nitrogen and oxygen atoms in total. The zero-order valence-electron chi connectivity index (χ0n) is 7.83. The minimum atomic E-state index is -0.199. The molecule has 0 saturated carbocycles. The van der Waals surface area contributed by atoms with Crippen LogP contribution in [0.3, 0.4) is 0 Å². The van der Waals surface area contributed by atoms with Gasteiger partial charge in [-0.05, 0) is 24.4 Å². The van der Waals surface area contributed by atoms with Crippen LogP contribution in [0.25, 0.3) is 0 Å². The number of amides is 2. The molecule has 6 heteroatoms. The predicted molar refractivity (Wildman–Crippen MR) is 62.7 cm³/mol. The van der Waals surface area contributed by atoms with Crippen molar-refractivity contribution in [2.24, 2.45) is 5.73 Å². The van der Waals surface area contributed by atoms with Crippen LogP contribution >= 0.6 is 12.2 Å². The summed E-state index contributed by atoms with van der Waals surface area (Å²) < 4.78 is 0. The Kier molecular flexibility index (Phi) is 2.42. The van der Waals surface area contributed by atoms with E-state index in [1.165, 1.54) is 0 Å². The van der Waals surface area contributed by atoms with Gasteiger partial charge in [-0.25, -0.2) is 4.79 Å². The minimum absolute atomic E-state index is 0.199. The number of carbonyl (C=O) groups is 1. The Bertz CT molecular complexity index is 432. The molecule has 0 saturated heterocycles. The number of nitrogens with one attached hydrogen (secondary N) is 3. The highest BCUT2D eigenvalue weighted by Crippen LogP contribution is 2.26. The Balaban J connectivity index is 2.37. The molecule has 0 atom stereocenters. The highest BCUT2D eigenvalue weighted by atomic mass is 32.1. The number of fused-ring (bicyclic) bond motifs is 1. The van der Waals surface area contributed by atoms with E-state index in [2.05, 4.69) is 16.0 Å². The molecule has 1 aliphatic rings. The standard InChI is InChI=1S/C9H10N4OS/c10-8(15)12-6-2-1-3-7-5(6)4-11-9(14)13-7/h1-3H,4H2,(H3,10,12,15)(H2,11,13,14). The van der Waals surface area contributed by atoms with Crippen LogP contribution in [-0.2, 0) is 6.54 Å². The maximum atomic E-state index is 11.1. The van der Waals surface area contributed by atoms with Crippen molar-refractivity contribution in [1.82, 2.24) is 5.32 Å². The second-order valence-corrected chi connectivity index (χ2v) is 3.57. The van der Waals surface area contributed by atoms with Gasteiger partial charge in [0.2, 0.25) is 0 Å². The molecular weight excluding hydrogens is 212 g/mol. The van der Waals surface area contributed by atoms with E-state index >= 15 is 0 Å². The van der Waals surface area contributed by atoms with Gasteiger partial charge in [-0.3, -0.25) is 0 Å². The number of hydrogen-bond acceptors (Lipinski definition) is 2. The van der Waals surface area contributed by atoms with Gasteiger partial charge in [-0.15, -0.1) is 0 Å². The average Bonchev–Trinajstić information content (AvgIpc) is 2.16. The Morgan fingerprint density at radius 1 is 1.53 bits per heavy atom. The van der Waals surface area contributed by atoms with Crippen LogP contribution < -0.4 is 21.7 Å². The Hall–Kier alpha value is -1.82. The van der Waals surface area contributed by atoms with Gasteiger partial charge in [0.05, 0.1) is 0 Å². The van der Waals surface area contributed by atoms with E-state index in [0.717, 1.165) is 16.9 Å². The summed E-state index contributed by atoms with van der Waals surface area (Å²) in [6, 6.07) is 5.32. The molecule has 0 fully saturated rings. The first-order valence-corrected chi connectivity index (χ1v) is 4.81. The molecule has 1 aromatic carbocycles. The van der Waals surface area contributed by atoms with Crippen LogP contribution in [0, 0.1) is 0 Å². The topological polar surface area (TPSA) is 79.2 Å². The van der Waals surface area contributed by atoms with E-state index in [4.69, 9.17) is 18.0 Å². The highest BCUT2D eigenvalue weighted by molar-refractivity contribution is 7.80. The van der Waals surface area contributed by atoms with Crippen molar-refractivity contribution in [2.75, 3.05) is 10.6 Å². The van der Waals surface area contributed by atoms with Gasteiger partial charge < -0.3 is 21.7 Å². The first kappa shape index (κ1) is 9.72. The second kappa shape index (κ2) is 3.74. The average molecular weight is 222 g/mol. The number of hydrogen-bond donors (Lipinski definition) is 4. The first-order valence-electron chi connectivity index (χ1n) is 4.40. The third kappa shape index (κ3) is 1.99. The van der Waals surface area contributed by atoms with Gasteiger partial charge in [0, 0.05) is 23.5 Å². The number of nitrogens with two attached hydrogens (primary N) is 1. The number of urea groups is 1. The lowest BCUT2D eigenvalue weighted by Crippen LogP contribution is -2.34.